The molecule has 0 aliphatic carbocycles. The summed E-state index contributed by atoms with van der Waals surface area (Å²) in [6.07, 6.45) is -0.323. The summed E-state index contributed by atoms with van der Waals surface area (Å²) in [6, 6.07) is 0. The first-order chi connectivity index (χ1) is 9.68. The van der Waals surface area contributed by atoms with Crippen molar-refractivity contribution in [2.75, 3.05) is 19.8 Å². The van der Waals surface area contributed by atoms with Gasteiger partial charge in [0.15, 0.2) is 12.4 Å². The van der Waals surface area contributed by atoms with Gasteiger partial charge in [0.2, 0.25) is 0 Å². The summed E-state index contributed by atoms with van der Waals surface area (Å²) in [6.45, 7) is 11.4. The van der Waals surface area contributed by atoms with Crippen LogP contribution in [0.4, 0.5) is 4.79 Å². The van der Waals surface area contributed by atoms with Gasteiger partial charge in [-0.1, -0.05) is 0 Å². The Kier molecular flexibility index (Phi) is 4.80. The Balaban J connectivity index is 1.74. The second-order valence-corrected chi connectivity index (χ2v) is 7.17. The van der Waals surface area contributed by atoms with E-state index in [-0.39, 0.29) is 29.4 Å². The van der Waals surface area contributed by atoms with Gasteiger partial charge in [0.05, 0.1) is 19.8 Å². The summed E-state index contributed by atoms with van der Waals surface area (Å²) in [7, 11) is 0. The van der Waals surface area contributed by atoms with Gasteiger partial charge in [-0.2, -0.15) is 0 Å². The Bertz CT molecular complexity index is 374. The first-order valence-electron chi connectivity index (χ1n) is 7.54. The van der Waals surface area contributed by atoms with Gasteiger partial charge >= 0.3 is 6.16 Å². The predicted octanol–water partition coefficient (Wildman–Crippen LogP) is 2.07. The maximum atomic E-state index is 11.7. The van der Waals surface area contributed by atoms with E-state index in [4.69, 9.17) is 18.9 Å². The van der Waals surface area contributed by atoms with Gasteiger partial charge in [0.25, 0.3) is 0 Å². The van der Waals surface area contributed by atoms with Crippen molar-refractivity contribution in [3.05, 3.63) is 0 Å². The molecule has 0 saturated carbocycles. The molecule has 1 N–H and O–H groups in total. The molecule has 2 saturated heterocycles. The zero-order chi connectivity index (χ0) is 15.7. The van der Waals surface area contributed by atoms with E-state index >= 15 is 0 Å². The molecule has 2 rings (SSSR count). The van der Waals surface area contributed by atoms with Gasteiger partial charge in [-0.15, -0.1) is 0 Å². The minimum absolute atomic E-state index is 0.0582. The fraction of sp³-hybridized carbons (Fsp3) is 0.933. The largest absolute Gasteiger partial charge is 0.508 e. The SMILES string of the molecule is CC1OCC(OC(=O)OCC2CC(C)(C)NC2(C)C)CO1. The normalized spacial score (nSPS) is 34.4. The molecule has 0 aromatic rings. The fourth-order valence-electron chi connectivity index (χ4n) is 3.15. The molecule has 0 spiro atoms. The summed E-state index contributed by atoms with van der Waals surface area (Å²) in [5, 5.41) is 3.56. The van der Waals surface area contributed by atoms with Crippen molar-refractivity contribution < 1.29 is 23.7 Å². The van der Waals surface area contributed by atoms with Crippen LogP contribution < -0.4 is 5.32 Å². The molecule has 0 amide bonds. The predicted molar refractivity (Wildman–Crippen MR) is 77.0 cm³/mol. The van der Waals surface area contributed by atoms with Crippen LogP contribution in [0.3, 0.4) is 0 Å². The van der Waals surface area contributed by atoms with Crippen molar-refractivity contribution in [3.63, 3.8) is 0 Å². The van der Waals surface area contributed by atoms with E-state index in [2.05, 4.69) is 33.0 Å². The molecule has 6 nitrogen and oxygen atoms in total. The zero-order valence-corrected chi connectivity index (χ0v) is 13.6. The Morgan fingerprint density at radius 3 is 2.38 bits per heavy atom. The second kappa shape index (κ2) is 6.10. The van der Waals surface area contributed by atoms with Crippen LogP contribution in [0.25, 0.3) is 0 Å². The van der Waals surface area contributed by atoms with Crippen LogP contribution in [0.15, 0.2) is 0 Å². The number of nitrogens with one attached hydrogen (secondary N) is 1. The molecule has 2 fully saturated rings. The standard InChI is InChI=1S/C15H27NO5/c1-10-18-8-12(9-19-10)21-13(17)20-7-11-6-14(2,3)16-15(11,4)5/h10-12,16H,6-9H2,1-5H3. The summed E-state index contributed by atoms with van der Waals surface area (Å²) in [5.74, 6) is 0.263. The van der Waals surface area contributed by atoms with E-state index < -0.39 is 6.16 Å². The van der Waals surface area contributed by atoms with Crippen LogP contribution in [0.5, 0.6) is 0 Å². The van der Waals surface area contributed by atoms with Crippen molar-refractivity contribution in [1.29, 1.82) is 0 Å². The van der Waals surface area contributed by atoms with Gasteiger partial charge in [-0.05, 0) is 41.0 Å². The van der Waals surface area contributed by atoms with Crippen LogP contribution >= 0.6 is 0 Å². The molecule has 122 valence electrons. The lowest BCUT2D eigenvalue weighted by Gasteiger charge is -2.29. The van der Waals surface area contributed by atoms with Crippen molar-refractivity contribution in [1.82, 2.24) is 5.32 Å². The fourth-order valence-corrected chi connectivity index (χ4v) is 3.15. The molecule has 2 aliphatic heterocycles. The van der Waals surface area contributed by atoms with Gasteiger partial charge in [-0.25, -0.2) is 4.79 Å². The van der Waals surface area contributed by atoms with E-state index in [9.17, 15) is 4.79 Å². The van der Waals surface area contributed by atoms with E-state index in [1.807, 2.05) is 6.92 Å². The van der Waals surface area contributed by atoms with Crippen LogP contribution in [-0.2, 0) is 18.9 Å². The van der Waals surface area contributed by atoms with Gasteiger partial charge in [0.1, 0.15) is 0 Å². The molecule has 1 unspecified atom stereocenters. The van der Waals surface area contributed by atoms with Gasteiger partial charge in [-0.3, -0.25) is 0 Å². The highest BCUT2D eigenvalue weighted by Crippen LogP contribution is 2.35. The lowest BCUT2D eigenvalue weighted by atomic mass is 9.88. The van der Waals surface area contributed by atoms with E-state index in [0.29, 0.717) is 19.8 Å². The highest BCUT2D eigenvalue weighted by atomic mass is 16.8. The number of ether oxygens (including phenoxy) is 4. The molecule has 0 radical (unpaired) electrons. The number of carbonyl (C=O) groups excluding carboxylic acids is 1. The van der Waals surface area contributed by atoms with Crippen molar-refractivity contribution in [2.45, 2.75) is 64.5 Å². The molecule has 0 aromatic carbocycles. The summed E-state index contributed by atoms with van der Waals surface area (Å²) >= 11 is 0. The third-order valence-corrected chi connectivity index (χ3v) is 4.14. The molecule has 2 aliphatic rings. The average Bonchev–Trinajstić information content (AvgIpc) is 2.57. The topological polar surface area (TPSA) is 66.0 Å². The molecule has 1 atom stereocenters. The second-order valence-electron chi connectivity index (χ2n) is 7.17. The Morgan fingerprint density at radius 2 is 1.86 bits per heavy atom. The molecule has 0 aromatic heterocycles. The minimum Gasteiger partial charge on any atom is -0.434 e. The van der Waals surface area contributed by atoms with Crippen LogP contribution in [0.1, 0.15) is 41.0 Å². The first kappa shape index (κ1) is 16.5. The molecular formula is C15H27NO5. The van der Waals surface area contributed by atoms with Gasteiger partial charge in [0, 0.05) is 17.0 Å². The highest BCUT2D eigenvalue weighted by Gasteiger charge is 2.44. The lowest BCUT2D eigenvalue weighted by molar-refractivity contribution is -0.210. The maximum Gasteiger partial charge on any atom is 0.508 e. The smallest absolute Gasteiger partial charge is 0.434 e. The molecule has 6 heteroatoms. The van der Waals surface area contributed by atoms with Gasteiger partial charge < -0.3 is 24.3 Å². The number of carbonyl (C=O) groups is 1. The van der Waals surface area contributed by atoms with Crippen LogP contribution in [0, 0.1) is 5.92 Å². The summed E-state index contributed by atoms with van der Waals surface area (Å²) < 4.78 is 21.0. The maximum absolute atomic E-state index is 11.7. The van der Waals surface area contributed by atoms with Crippen molar-refractivity contribution >= 4 is 6.16 Å². The minimum atomic E-state index is -0.651. The number of rotatable bonds is 3. The lowest BCUT2D eigenvalue weighted by Crippen LogP contribution is -2.46. The Labute approximate surface area is 126 Å². The number of hydrogen-bond donors (Lipinski definition) is 1. The first-order valence-corrected chi connectivity index (χ1v) is 7.54. The van der Waals surface area contributed by atoms with E-state index in [0.717, 1.165) is 6.42 Å². The summed E-state index contributed by atoms with van der Waals surface area (Å²) in [5.41, 5.74) is -0.00110. The van der Waals surface area contributed by atoms with Crippen molar-refractivity contribution in [2.24, 2.45) is 5.92 Å². The monoisotopic (exact) mass is 301 g/mol. The Hall–Kier alpha value is -0.850. The Morgan fingerprint density at radius 1 is 1.24 bits per heavy atom. The van der Waals surface area contributed by atoms with Crippen LogP contribution in [-0.4, -0.2) is 49.4 Å². The third kappa shape index (κ3) is 4.56. The van der Waals surface area contributed by atoms with E-state index in [1.54, 1.807) is 0 Å². The zero-order valence-electron chi connectivity index (χ0n) is 13.6. The highest BCUT2D eigenvalue weighted by molar-refractivity contribution is 5.60. The van der Waals surface area contributed by atoms with E-state index in [1.165, 1.54) is 0 Å². The quantitative estimate of drug-likeness (QED) is 0.805. The summed E-state index contributed by atoms with van der Waals surface area (Å²) in [4.78, 5) is 11.7. The van der Waals surface area contributed by atoms with Crippen LogP contribution in [0.2, 0.25) is 0 Å². The van der Waals surface area contributed by atoms with Crippen molar-refractivity contribution in [3.8, 4) is 0 Å². The average molecular weight is 301 g/mol. The molecule has 0 bridgehead atoms. The third-order valence-electron chi connectivity index (χ3n) is 4.14. The molecule has 2 heterocycles. The molecular weight excluding hydrogens is 274 g/mol. The molecule has 21 heavy (non-hydrogen) atoms. The number of hydrogen-bond acceptors (Lipinski definition) is 6.